The summed E-state index contributed by atoms with van der Waals surface area (Å²) in [6.07, 6.45) is 0. The van der Waals surface area contributed by atoms with Gasteiger partial charge >= 0.3 is 0 Å². The van der Waals surface area contributed by atoms with Crippen LogP contribution < -0.4 is 0 Å². The van der Waals surface area contributed by atoms with Gasteiger partial charge in [-0.25, -0.2) is 0 Å². The Balaban J connectivity index is 3.54. The number of hydrogen-bond acceptors (Lipinski definition) is 2. The first kappa shape index (κ1) is 11.2. The monoisotopic (exact) mass is 180 g/mol. The Labute approximate surface area is 73.8 Å². The molecular formula is C8H17ClO2. The van der Waals surface area contributed by atoms with E-state index in [-0.39, 0.29) is 11.0 Å². The van der Waals surface area contributed by atoms with Crippen molar-refractivity contribution in [3.05, 3.63) is 0 Å². The third kappa shape index (κ3) is 6.60. The van der Waals surface area contributed by atoms with Crippen molar-refractivity contribution in [2.45, 2.75) is 26.3 Å². The van der Waals surface area contributed by atoms with Gasteiger partial charge in [-0.1, -0.05) is 25.4 Å². The smallest absolute Gasteiger partial charge is 0.128 e. The molecule has 0 aromatic heterocycles. The van der Waals surface area contributed by atoms with Crippen LogP contribution in [-0.4, -0.2) is 25.9 Å². The normalized spacial score (nSPS) is 15.0. The first-order chi connectivity index (χ1) is 4.98. The predicted molar refractivity (Wildman–Crippen MR) is 46.9 cm³/mol. The summed E-state index contributed by atoms with van der Waals surface area (Å²) in [5.74, 6) is 0. The molecule has 2 nitrogen and oxygen atoms in total. The summed E-state index contributed by atoms with van der Waals surface area (Å²) in [6.45, 7) is 7.29. The molecule has 0 aliphatic rings. The molecule has 0 aromatic rings. The minimum Gasteiger partial charge on any atom is -0.384 e. The average molecular weight is 181 g/mol. The highest BCUT2D eigenvalue weighted by Crippen LogP contribution is 2.16. The number of alkyl halides is 1. The molecule has 0 spiro atoms. The van der Waals surface area contributed by atoms with E-state index in [0.717, 1.165) is 0 Å². The van der Waals surface area contributed by atoms with Gasteiger partial charge in [-0.2, -0.15) is 0 Å². The van der Waals surface area contributed by atoms with E-state index in [2.05, 4.69) is 13.8 Å². The van der Waals surface area contributed by atoms with E-state index in [1.54, 1.807) is 7.11 Å². The largest absolute Gasteiger partial charge is 0.384 e. The van der Waals surface area contributed by atoms with E-state index >= 15 is 0 Å². The number of methoxy groups -OCH3 is 1. The number of ether oxygens (including phenoxy) is 2. The standard InChI is InChI=1S/C8H17ClO2/c1-7(9)11-6-8(2,3)5-10-4/h7H,5-6H2,1-4H3. The van der Waals surface area contributed by atoms with E-state index in [9.17, 15) is 0 Å². The molecule has 3 heteroatoms. The lowest BCUT2D eigenvalue weighted by Crippen LogP contribution is -2.26. The molecule has 0 radical (unpaired) electrons. The van der Waals surface area contributed by atoms with Gasteiger partial charge in [0.25, 0.3) is 0 Å². The molecular weight excluding hydrogens is 164 g/mol. The summed E-state index contributed by atoms with van der Waals surface area (Å²) in [4.78, 5) is 0. The zero-order chi connectivity index (χ0) is 8.91. The van der Waals surface area contributed by atoms with Crippen LogP contribution in [0.5, 0.6) is 0 Å². The molecule has 0 aliphatic carbocycles. The van der Waals surface area contributed by atoms with Crippen LogP contribution in [0, 0.1) is 5.41 Å². The molecule has 0 heterocycles. The molecule has 0 fully saturated rings. The minimum atomic E-state index is -0.217. The Kier molecular flexibility index (Phi) is 5.06. The zero-order valence-electron chi connectivity index (χ0n) is 7.69. The summed E-state index contributed by atoms with van der Waals surface area (Å²) in [5, 5.41) is 0. The second kappa shape index (κ2) is 4.96. The van der Waals surface area contributed by atoms with Crippen molar-refractivity contribution in [1.82, 2.24) is 0 Å². The van der Waals surface area contributed by atoms with E-state index in [1.807, 2.05) is 6.92 Å². The second-order valence-corrected chi connectivity index (χ2v) is 4.07. The van der Waals surface area contributed by atoms with E-state index in [1.165, 1.54) is 0 Å². The molecule has 68 valence electrons. The van der Waals surface area contributed by atoms with Crippen molar-refractivity contribution in [3.63, 3.8) is 0 Å². The molecule has 1 atom stereocenters. The Morgan fingerprint density at radius 3 is 2.27 bits per heavy atom. The maximum absolute atomic E-state index is 5.62. The van der Waals surface area contributed by atoms with Crippen molar-refractivity contribution in [2.24, 2.45) is 5.41 Å². The lowest BCUT2D eigenvalue weighted by atomic mass is 9.96. The summed E-state index contributed by atoms with van der Waals surface area (Å²) in [6, 6.07) is 0. The van der Waals surface area contributed by atoms with Crippen LogP contribution in [0.2, 0.25) is 0 Å². The molecule has 1 unspecified atom stereocenters. The molecule has 0 saturated carbocycles. The first-order valence-electron chi connectivity index (χ1n) is 3.72. The summed E-state index contributed by atoms with van der Waals surface area (Å²) in [5.41, 5.74) is -0.163. The zero-order valence-corrected chi connectivity index (χ0v) is 8.44. The van der Waals surface area contributed by atoms with Crippen LogP contribution in [0.25, 0.3) is 0 Å². The fourth-order valence-corrected chi connectivity index (χ4v) is 0.836. The fourth-order valence-electron chi connectivity index (χ4n) is 0.773. The second-order valence-electron chi connectivity index (χ2n) is 3.45. The fraction of sp³-hybridized carbons (Fsp3) is 1.00. The maximum atomic E-state index is 5.62. The van der Waals surface area contributed by atoms with Crippen LogP contribution in [0.4, 0.5) is 0 Å². The van der Waals surface area contributed by atoms with Crippen LogP contribution in [0.1, 0.15) is 20.8 Å². The van der Waals surface area contributed by atoms with Crippen LogP contribution >= 0.6 is 11.6 Å². The van der Waals surface area contributed by atoms with Crippen molar-refractivity contribution < 1.29 is 9.47 Å². The third-order valence-corrected chi connectivity index (χ3v) is 1.36. The topological polar surface area (TPSA) is 18.5 Å². The molecule has 0 saturated heterocycles. The Morgan fingerprint density at radius 1 is 1.36 bits per heavy atom. The minimum absolute atomic E-state index is 0.0535. The highest BCUT2D eigenvalue weighted by atomic mass is 35.5. The number of hydrogen-bond donors (Lipinski definition) is 0. The predicted octanol–water partition coefficient (Wildman–Crippen LogP) is 2.26. The van der Waals surface area contributed by atoms with E-state index in [4.69, 9.17) is 21.1 Å². The summed E-state index contributed by atoms with van der Waals surface area (Å²) in [7, 11) is 1.69. The van der Waals surface area contributed by atoms with Gasteiger partial charge in [0.1, 0.15) is 5.56 Å². The van der Waals surface area contributed by atoms with Gasteiger partial charge in [0, 0.05) is 12.5 Å². The SMILES string of the molecule is COCC(C)(C)COC(C)Cl. The Morgan fingerprint density at radius 2 is 1.91 bits per heavy atom. The van der Waals surface area contributed by atoms with Crippen molar-refractivity contribution in [3.8, 4) is 0 Å². The molecule has 0 N–H and O–H groups in total. The van der Waals surface area contributed by atoms with E-state index in [0.29, 0.717) is 13.2 Å². The third-order valence-electron chi connectivity index (χ3n) is 1.24. The van der Waals surface area contributed by atoms with Crippen molar-refractivity contribution in [2.75, 3.05) is 20.3 Å². The highest BCUT2D eigenvalue weighted by molar-refractivity contribution is 6.19. The molecule has 0 rings (SSSR count). The Bertz CT molecular complexity index is 102. The van der Waals surface area contributed by atoms with E-state index < -0.39 is 0 Å². The van der Waals surface area contributed by atoms with Gasteiger partial charge in [-0.05, 0) is 6.92 Å². The van der Waals surface area contributed by atoms with Gasteiger partial charge in [0.2, 0.25) is 0 Å². The van der Waals surface area contributed by atoms with Crippen LogP contribution in [0.15, 0.2) is 0 Å². The van der Waals surface area contributed by atoms with Gasteiger partial charge in [-0.3, -0.25) is 0 Å². The summed E-state index contributed by atoms with van der Waals surface area (Å²) >= 11 is 5.62. The van der Waals surface area contributed by atoms with Crippen molar-refractivity contribution >= 4 is 11.6 Å². The van der Waals surface area contributed by atoms with Gasteiger partial charge in [-0.15, -0.1) is 0 Å². The van der Waals surface area contributed by atoms with Gasteiger partial charge < -0.3 is 9.47 Å². The molecule has 11 heavy (non-hydrogen) atoms. The molecule has 0 bridgehead atoms. The lowest BCUT2D eigenvalue weighted by Gasteiger charge is -2.23. The maximum Gasteiger partial charge on any atom is 0.128 e. The lowest BCUT2D eigenvalue weighted by molar-refractivity contribution is 0.00560. The van der Waals surface area contributed by atoms with Gasteiger partial charge in [0.05, 0.1) is 13.2 Å². The van der Waals surface area contributed by atoms with Gasteiger partial charge in [0.15, 0.2) is 0 Å². The Hall–Kier alpha value is 0.210. The quantitative estimate of drug-likeness (QED) is 0.605. The van der Waals surface area contributed by atoms with Crippen LogP contribution in [0.3, 0.4) is 0 Å². The molecule has 0 amide bonds. The highest BCUT2D eigenvalue weighted by Gasteiger charge is 2.18. The molecule has 0 aromatic carbocycles. The van der Waals surface area contributed by atoms with Crippen molar-refractivity contribution in [1.29, 1.82) is 0 Å². The molecule has 0 aliphatic heterocycles. The number of rotatable bonds is 5. The summed E-state index contributed by atoms with van der Waals surface area (Å²) < 4.78 is 10.3. The average Bonchev–Trinajstić information content (AvgIpc) is 1.84. The van der Waals surface area contributed by atoms with Crippen LogP contribution in [-0.2, 0) is 9.47 Å². The number of halogens is 1. The first-order valence-corrected chi connectivity index (χ1v) is 4.16.